The van der Waals surface area contributed by atoms with E-state index in [0.717, 1.165) is 18.5 Å². The molecule has 0 aliphatic heterocycles. The first-order chi connectivity index (χ1) is 9.71. The van der Waals surface area contributed by atoms with Crippen LogP contribution in [0.4, 0.5) is 0 Å². The molecule has 0 amide bonds. The molecule has 5 nitrogen and oxygen atoms in total. The second kappa shape index (κ2) is 9.66. The van der Waals surface area contributed by atoms with E-state index in [2.05, 4.69) is 18.9 Å². The maximum absolute atomic E-state index is 11.8. The topological polar surface area (TPSA) is 53.4 Å². The van der Waals surface area contributed by atoms with Crippen LogP contribution in [0.2, 0.25) is 0 Å². The minimum atomic E-state index is 0.164. The second-order valence-electron chi connectivity index (χ2n) is 4.83. The van der Waals surface area contributed by atoms with Gasteiger partial charge in [0.15, 0.2) is 0 Å². The van der Waals surface area contributed by atoms with Crippen LogP contribution >= 0.6 is 0 Å². The third-order valence-electron chi connectivity index (χ3n) is 3.32. The number of aromatic nitrogens is 2. The Hall–Kier alpha value is -1.20. The Morgan fingerprint density at radius 3 is 2.70 bits per heavy atom. The van der Waals surface area contributed by atoms with E-state index in [1.54, 1.807) is 7.11 Å². The molecule has 0 N–H and O–H groups in total. The standard InChI is InChI=1S/C15H26N2O3/c1-4-14(5-2)17-8-6-13(16-17)12-15(18)7-9-20-11-10-19-3/h6,8,14H,4-5,7,9-12H2,1-3H3. The maximum Gasteiger partial charge on any atom is 0.141 e. The molecule has 0 spiro atoms. The molecule has 1 aromatic heterocycles. The fraction of sp³-hybridized carbons (Fsp3) is 0.733. The van der Waals surface area contributed by atoms with Crippen LogP contribution < -0.4 is 0 Å². The summed E-state index contributed by atoms with van der Waals surface area (Å²) < 4.78 is 12.1. The highest BCUT2D eigenvalue weighted by molar-refractivity contribution is 5.80. The van der Waals surface area contributed by atoms with Gasteiger partial charge in [0.1, 0.15) is 5.78 Å². The number of Topliss-reactive ketones (excluding diaryl/α,β-unsaturated/α-hetero) is 1. The Bertz CT molecular complexity index is 386. The number of carbonyl (C=O) groups excluding carboxylic acids is 1. The number of methoxy groups -OCH3 is 1. The SMILES string of the molecule is CCC(CC)n1ccc(CC(=O)CCOCCOC)n1. The Morgan fingerprint density at radius 1 is 1.30 bits per heavy atom. The minimum absolute atomic E-state index is 0.164. The minimum Gasteiger partial charge on any atom is -0.382 e. The van der Waals surface area contributed by atoms with Crippen LogP contribution in [0.25, 0.3) is 0 Å². The number of nitrogens with zero attached hydrogens (tertiary/aromatic N) is 2. The lowest BCUT2D eigenvalue weighted by molar-refractivity contribution is -0.119. The van der Waals surface area contributed by atoms with Crippen molar-refractivity contribution in [3.63, 3.8) is 0 Å². The molecule has 5 heteroatoms. The maximum atomic E-state index is 11.8. The second-order valence-corrected chi connectivity index (χ2v) is 4.83. The molecule has 1 rings (SSSR count). The zero-order valence-corrected chi connectivity index (χ0v) is 12.8. The summed E-state index contributed by atoms with van der Waals surface area (Å²) >= 11 is 0. The third-order valence-corrected chi connectivity index (χ3v) is 3.32. The van der Waals surface area contributed by atoms with Crippen LogP contribution in [0.5, 0.6) is 0 Å². The normalized spacial score (nSPS) is 11.2. The number of carbonyl (C=O) groups is 1. The first-order valence-electron chi connectivity index (χ1n) is 7.33. The Kier molecular flexibility index (Phi) is 8.14. The summed E-state index contributed by atoms with van der Waals surface area (Å²) in [7, 11) is 1.63. The van der Waals surface area contributed by atoms with Gasteiger partial charge >= 0.3 is 0 Å². The van der Waals surface area contributed by atoms with Crippen LogP contribution in [0.1, 0.15) is 44.8 Å². The van der Waals surface area contributed by atoms with Crippen LogP contribution in [0, 0.1) is 0 Å². The molecule has 0 saturated heterocycles. The molecule has 0 fully saturated rings. The van der Waals surface area contributed by atoms with E-state index in [-0.39, 0.29) is 5.78 Å². The quantitative estimate of drug-likeness (QED) is 0.585. The number of hydrogen-bond acceptors (Lipinski definition) is 4. The van der Waals surface area contributed by atoms with Gasteiger partial charge in [0, 0.05) is 19.7 Å². The summed E-state index contributed by atoms with van der Waals surface area (Å²) in [5.74, 6) is 0.164. The smallest absolute Gasteiger partial charge is 0.141 e. The zero-order chi connectivity index (χ0) is 14.8. The van der Waals surface area contributed by atoms with E-state index < -0.39 is 0 Å². The lowest BCUT2D eigenvalue weighted by atomic mass is 10.2. The van der Waals surface area contributed by atoms with Gasteiger partial charge in [0.25, 0.3) is 0 Å². The lowest BCUT2D eigenvalue weighted by Gasteiger charge is -2.12. The van der Waals surface area contributed by atoms with Crippen molar-refractivity contribution in [3.8, 4) is 0 Å². The number of hydrogen-bond donors (Lipinski definition) is 0. The molecular formula is C15H26N2O3. The van der Waals surface area contributed by atoms with Gasteiger partial charge in [-0.2, -0.15) is 5.10 Å². The molecule has 0 radical (unpaired) electrons. The zero-order valence-electron chi connectivity index (χ0n) is 12.8. The van der Waals surface area contributed by atoms with Gasteiger partial charge in [-0.3, -0.25) is 9.48 Å². The molecule has 1 aromatic rings. The van der Waals surface area contributed by atoms with Gasteiger partial charge in [-0.05, 0) is 18.9 Å². The van der Waals surface area contributed by atoms with Crippen LogP contribution in [0.15, 0.2) is 12.3 Å². The van der Waals surface area contributed by atoms with E-state index >= 15 is 0 Å². The van der Waals surface area contributed by atoms with E-state index in [9.17, 15) is 4.79 Å². The predicted octanol–water partition coefficient (Wildman–Crippen LogP) is 2.41. The van der Waals surface area contributed by atoms with E-state index in [4.69, 9.17) is 9.47 Å². The molecule has 0 atom stereocenters. The van der Waals surface area contributed by atoms with E-state index in [1.165, 1.54) is 0 Å². The average molecular weight is 282 g/mol. The Labute approximate surface area is 121 Å². The molecule has 0 aliphatic carbocycles. The fourth-order valence-corrected chi connectivity index (χ4v) is 2.06. The van der Waals surface area contributed by atoms with Crippen molar-refractivity contribution in [1.29, 1.82) is 0 Å². The largest absolute Gasteiger partial charge is 0.382 e. The fourth-order valence-electron chi connectivity index (χ4n) is 2.06. The molecule has 1 heterocycles. The number of rotatable bonds is 11. The summed E-state index contributed by atoms with van der Waals surface area (Å²) in [6.45, 7) is 5.85. The summed E-state index contributed by atoms with van der Waals surface area (Å²) in [6.07, 6.45) is 4.90. The van der Waals surface area contributed by atoms with Crippen molar-refractivity contribution >= 4 is 5.78 Å². The third kappa shape index (κ3) is 5.84. The van der Waals surface area contributed by atoms with Gasteiger partial charge < -0.3 is 9.47 Å². The highest BCUT2D eigenvalue weighted by Gasteiger charge is 2.10. The lowest BCUT2D eigenvalue weighted by Crippen LogP contribution is -2.11. The van der Waals surface area contributed by atoms with Gasteiger partial charge in [0.05, 0.1) is 38.0 Å². The summed E-state index contributed by atoms with van der Waals surface area (Å²) in [6, 6.07) is 2.36. The van der Waals surface area contributed by atoms with Crippen molar-refractivity contribution in [1.82, 2.24) is 9.78 Å². The molecule has 0 aliphatic rings. The van der Waals surface area contributed by atoms with E-state index in [0.29, 0.717) is 38.7 Å². The Morgan fingerprint density at radius 2 is 2.05 bits per heavy atom. The van der Waals surface area contributed by atoms with Crippen LogP contribution in [-0.2, 0) is 20.7 Å². The van der Waals surface area contributed by atoms with Gasteiger partial charge in [0.2, 0.25) is 0 Å². The summed E-state index contributed by atoms with van der Waals surface area (Å²) in [5.41, 5.74) is 0.846. The van der Waals surface area contributed by atoms with Gasteiger partial charge in [-0.25, -0.2) is 0 Å². The van der Waals surface area contributed by atoms with Crippen molar-refractivity contribution in [2.75, 3.05) is 26.9 Å². The van der Waals surface area contributed by atoms with E-state index in [1.807, 2.05) is 16.9 Å². The van der Waals surface area contributed by atoms with Crippen molar-refractivity contribution in [2.45, 2.75) is 45.6 Å². The summed E-state index contributed by atoms with van der Waals surface area (Å²) in [4.78, 5) is 11.8. The highest BCUT2D eigenvalue weighted by Crippen LogP contribution is 2.14. The first-order valence-corrected chi connectivity index (χ1v) is 7.33. The molecular weight excluding hydrogens is 256 g/mol. The molecule has 0 saturated carbocycles. The van der Waals surface area contributed by atoms with Gasteiger partial charge in [-0.1, -0.05) is 13.8 Å². The molecule has 0 bridgehead atoms. The highest BCUT2D eigenvalue weighted by atomic mass is 16.5. The molecule has 20 heavy (non-hydrogen) atoms. The van der Waals surface area contributed by atoms with Crippen molar-refractivity contribution in [3.05, 3.63) is 18.0 Å². The van der Waals surface area contributed by atoms with Crippen molar-refractivity contribution in [2.24, 2.45) is 0 Å². The first kappa shape index (κ1) is 16.9. The molecule has 114 valence electrons. The molecule has 0 aromatic carbocycles. The number of ether oxygens (including phenoxy) is 2. The molecule has 0 unspecified atom stereocenters. The monoisotopic (exact) mass is 282 g/mol. The predicted molar refractivity (Wildman–Crippen MR) is 77.9 cm³/mol. The van der Waals surface area contributed by atoms with Crippen LogP contribution in [0.3, 0.4) is 0 Å². The van der Waals surface area contributed by atoms with Crippen molar-refractivity contribution < 1.29 is 14.3 Å². The van der Waals surface area contributed by atoms with Crippen LogP contribution in [-0.4, -0.2) is 42.5 Å². The van der Waals surface area contributed by atoms with Gasteiger partial charge in [-0.15, -0.1) is 0 Å². The average Bonchev–Trinajstić information content (AvgIpc) is 2.88. The Balaban J connectivity index is 2.31. The summed E-state index contributed by atoms with van der Waals surface area (Å²) in [5, 5.41) is 4.48. The number of ketones is 1.